The van der Waals surface area contributed by atoms with E-state index < -0.39 is 18.3 Å². The van der Waals surface area contributed by atoms with Crippen LogP contribution in [0, 0.1) is 0 Å². The van der Waals surface area contributed by atoms with Crippen LogP contribution in [0.3, 0.4) is 0 Å². The molecule has 0 fully saturated rings. The molecule has 1 atom stereocenters. The molecule has 3 N–H and O–H groups in total. The maximum absolute atomic E-state index is 12.5. The molecule has 0 aliphatic rings. The first-order valence-electron chi connectivity index (χ1n) is 3.53. The summed E-state index contributed by atoms with van der Waals surface area (Å²) in [4.78, 5) is -0.112. The average Bonchev–Trinajstić information content (AvgIpc) is 2.48. The molecule has 0 aromatic carbocycles. The van der Waals surface area contributed by atoms with E-state index in [1.54, 1.807) is 0 Å². The van der Waals surface area contributed by atoms with Crippen molar-refractivity contribution in [3.05, 3.63) is 20.8 Å². The number of aliphatic hydroxyl groups excluding tert-OH is 1. The molecule has 0 unspecified atom stereocenters. The van der Waals surface area contributed by atoms with Gasteiger partial charge in [-0.3, -0.25) is 0 Å². The minimum absolute atomic E-state index is 0.112. The van der Waals surface area contributed by atoms with Crippen LogP contribution in [0.2, 0.25) is 0 Å². The molecule has 0 saturated heterocycles. The maximum Gasteiger partial charge on any atom is 0.413 e. The van der Waals surface area contributed by atoms with Gasteiger partial charge in [-0.05, 0) is 28.1 Å². The van der Waals surface area contributed by atoms with E-state index in [2.05, 4.69) is 15.9 Å². The number of aliphatic hydroxyl groups is 1. The Morgan fingerprint density at radius 2 is 2.00 bits per heavy atom. The predicted octanol–water partition coefficient (Wildman–Crippen LogP) is 2.22. The second kappa shape index (κ2) is 3.80. The SMILES string of the molecule is N[C@@](CO)(c1ccc(Br)s1)C(F)(F)F. The van der Waals surface area contributed by atoms with Crippen LogP contribution in [0.25, 0.3) is 0 Å². The van der Waals surface area contributed by atoms with Gasteiger partial charge in [-0.15, -0.1) is 11.3 Å². The number of rotatable bonds is 2. The summed E-state index contributed by atoms with van der Waals surface area (Å²) in [5, 5.41) is 8.73. The van der Waals surface area contributed by atoms with E-state index in [4.69, 9.17) is 10.8 Å². The third-order valence-corrected chi connectivity index (χ3v) is 3.57. The molecule has 0 saturated carbocycles. The summed E-state index contributed by atoms with van der Waals surface area (Å²) in [5.41, 5.74) is 2.46. The number of nitrogens with two attached hydrogens (primary N) is 1. The van der Waals surface area contributed by atoms with Crippen LogP contribution in [-0.2, 0) is 5.54 Å². The van der Waals surface area contributed by atoms with Crippen molar-refractivity contribution >= 4 is 27.3 Å². The van der Waals surface area contributed by atoms with Gasteiger partial charge >= 0.3 is 6.18 Å². The number of alkyl halides is 3. The van der Waals surface area contributed by atoms with E-state index in [9.17, 15) is 13.2 Å². The first-order chi connectivity index (χ1) is 6.31. The summed E-state index contributed by atoms with van der Waals surface area (Å²) in [6, 6.07) is 2.71. The molecule has 14 heavy (non-hydrogen) atoms. The molecule has 0 aliphatic heterocycles. The van der Waals surface area contributed by atoms with Crippen molar-refractivity contribution < 1.29 is 18.3 Å². The van der Waals surface area contributed by atoms with Crippen molar-refractivity contribution in [2.45, 2.75) is 11.7 Å². The largest absolute Gasteiger partial charge is 0.413 e. The fourth-order valence-electron chi connectivity index (χ4n) is 0.861. The third-order valence-electron chi connectivity index (χ3n) is 1.77. The van der Waals surface area contributed by atoms with Crippen LogP contribution in [0.5, 0.6) is 0 Å². The molecule has 1 heterocycles. The molecule has 0 amide bonds. The summed E-state index contributed by atoms with van der Waals surface area (Å²) < 4.78 is 38.1. The lowest BCUT2D eigenvalue weighted by Crippen LogP contribution is -2.52. The fourth-order valence-corrected chi connectivity index (χ4v) is 2.36. The van der Waals surface area contributed by atoms with E-state index in [1.165, 1.54) is 12.1 Å². The van der Waals surface area contributed by atoms with E-state index >= 15 is 0 Å². The smallest absolute Gasteiger partial charge is 0.394 e. The highest BCUT2D eigenvalue weighted by atomic mass is 79.9. The summed E-state index contributed by atoms with van der Waals surface area (Å²) in [6.45, 7) is -1.16. The molecular formula is C7H7BrF3NOS. The third kappa shape index (κ3) is 1.95. The van der Waals surface area contributed by atoms with Gasteiger partial charge in [0, 0.05) is 4.88 Å². The molecule has 7 heteroatoms. The molecule has 2 nitrogen and oxygen atoms in total. The van der Waals surface area contributed by atoms with Crippen LogP contribution in [-0.4, -0.2) is 17.9 Å². The molecule has 80 valence electrons. The lowest BCUT2D eigenvalue weighted by Gasteiger charge is -2.28. The van der Waals surface area contributed by atoms with Crippen LogP contribution in [0.4, 0.5) is 13.2 Å². The molecule has 0 bridgehead atoms. The monoisotopic (exact) mass is 289 g/mol. The molecule has 0 spiro atoms. The van der Waals surface area contributed by atoms with Crippen LogP contribution >= 0.6 is 27.3 Å². The number of thiophene rings is 1. The highest BCUT2D eigenvalue weighted by molar-refractivity contribution is 9.11. The highest BCUT2D eigenvalue weighted by Gasteiger charge is 2.53. The first kappa shape index (κ1) is 12.0. The normalized spacial score (nSPS) is 16.7. The van der Waals surface area contributed by atoms with Crippen molar-refractivity contribution in [1.29, 1.82) is 0 Å². The van der Waals surface area contributed by atoms with Gasteiger partial charge in [0.15, 0.2) is 5.54 Å². The number of hydrogen-bond acceptors (Lipinski definition) is 3. The van der Waals surface area contributed by atoms with Gasteiger partial charge in [0.2, 0.25) is 0 Å². The Kier molecular flexibility index (Phi) is 3.25. The van der Waals surface area contributed by atoms with Gasteiger partial charge in [-0.1, -0.05) is 0 Å². The lowest BCUT2D eigenvalue weighted by atomic mass is 10.00. The minimum atomic E-state index is -4.66. The zero-order valence-electron chi connectivity index (χ0n) is 6.81. The van der Waals surface area contributed by atoms with Crippen molar-refractivity contribution in [2.75, 3.05) is 6.61 Å². The minimum Gasteiger partial charge on any atom is -0.394 e. The maximum atomic E-state index is 12.5. The standard InChI is InChI=1S/C7H7BrF3NOS/c8-5-2-1-4(14-5)6(12,3-13)7(9,10)11/h1-2,13H,3,12H2/t6-/m0/s1. The highest BCUT2D eigenvalue weighted by Crippen LogP contribution is 2.40. The van der Waals surface area contributed by atoms with Crippen molar-refractivity contribution in [2.24, 2.45) is 5.73 Å². The Morgan fingerprint density at radius 1 is 1.43 bits per heavy atom. The van der Waals surface area contributed by atoms with Crippen molar-refractivity contribution in [1.82, 2.24) is 0 Å². The second-order valence-corrected chi connectivity index (χ2v) is 5.19. The molecule has 1 aromatic rings. The van der Waals surface area contributed by atoms with E-state index in [0.29, 0.717) is 3.79 Å². The quantitative estimate of drug-likeness (QED) is 0.877. The Labute approximate surface area is 90.7 Å². The van der Waals surface area contributed by atoms with Gasteiger partial charge in [0.1, 0.15) is 0 Å². The van der Waals surface area contributed by atoms with E-state index in [0.717, 1.165) is 11.3 Å². The summed E-state index contributed by atoms with van der Waals surface area (Å²) in [6.07, 6.45) is -4.66. The summed E-state index contributed by atoms with van der Waals surface area (Å²) in [5.74, 6) is 0. The fraction of sp³-hybridized carbons (Fsp3) is 0.429. The average molecular weight is 290 g/mol. The van der Waals surface area contributed by atoms with Gasteiger partial charge in [0.05, 0.1) is 10.4 Å². The Hall–Kier alpha value is -0.110. The molecule has 1 aromatic heterocycles. The Balaban J connectivity index is 3.14. The van der Waals surface area contributed by atoms with Gasteiger partial charge in [0.25, 0.3) is 0 Å². The number of hydrogen-bond donors (Lipinski definition) is 2. The van der Waals surface area contributed by atoms with Gasteiger partial charge in [-0.2, -0.15) is 13.2 Å². The summed E-state index contributed by atoms with van der Waals surface area (Å²) >= 11 is 3.89. The van der Waals surface area contributed by atoms with Crippen molar-refractivity contribution in [3.8, 4) is 0 Å². The number of halogens is 4. The van der Waals surface area contributed by atoms with Gasteiger partial charge in [-0.25, -0.2) is 0 Å². The van der Waals surface area contributed by atoms with Crippen LogP contribution in [0.15, 0.2) is 15.9 Å². The molecule has 0 radical (unpaired) electrons. The van der Waals surface area contributed by atoms with Crippen LogP contribution in [0.1, 0.15) is 4.88 Å². The van der Waals surface area contributed by atoms with Crippen molar-refractivity contribution in [3.63, 3.8) is 0 Å². The first-order valence-corrected chi connectivity index (χ1v) is 5.14. The Bertz CT molecular complexity index is 327. The summed E-state index contributed by atoms with van der Waals surface area (Å²) in [7, 11) is 0. The molecule has 1 rings (SSSR count). The molecular weight excluding hydrogens is 283 g/mol. The lowest BCUT2D eigenvalue weighted by molar-refractivity contribution is -0.198. The predicted molar refractivity (Wildman–Crippen MR) is 51.0 cm³/mol. The zero-order chi connectivity index (χ0) is 11.0. The molecule has 0 aliphatic carbocycles. The Morgan fingerprint density at radius 3 is 2.29 bits per heavy atom. The van der Waals surface area contributed by atoms with Crippen LogP contribution < -0.4 is 5.73 Å². The van der Waals surface area contributed by atoms with E-state index in [1.807, 2.05) is 0 Å². The second-order valence-electron chi connectivity index (χ2n) is 2.73. The van der Waals surface area contributed by atoms with E-state index in [-0.39, 0.29) is 4.88 Å². The topological polar surface area (TPSA) is 46.2 Å². The van der Waals surface area contributed by atoms with Gasteiger partial charge < -0.3 is 10.8 Å². The zero-order valence-corrected chi connectivity index (χ0v) is 9.21.